The van der Waals surface area contributed by atoms with Crippen molar-refractivity contribution in [3.8, 4) is 96.7 Å². The van der Waals surface area contributed by atoms with Gasteiger partial charge in [0.2, 0.25) is 0 Å². The predicted octanol–water partition coefficient (Wildman–Crippen LogP) is 10.00. The summed E-state index contributed by atoms with van der Waals surface area (Å²) in [5.41, 5.74) is 9.20. The van der Waals surface area contributed by atoms with E-state index in [0.717, 1.165) is 66.4 Å². The Morgan fingerprint density at radius 3 is 1.12 bits per heavy atom. The second kappa shape index (κ2) is 15.7. The van der Waals surface area contributed by atoms with Gasteiger partial charge in [-0.1, -0.05) is 66.7 Å². The fraction of sp³-hybridized carbons (Fsp3) is 0. The fourth-order valence-electron chi connectivity index (χ4n) is 7.15. The van der Waals surface area contributed by atoms with Gasteiger partial charge in [0.05, 0.1) is 11.6 Å². The van der Waals surface area contributed by atoms with Crippen molar-refractivity contribution in [1.82, 2.24) is 49.8 Å². The first kappa shape index (κ1) is 35.6. The summed E-state index contributed by atoms with van der Waals surface area (Å²) in [5.74, 6) is 3.17. The summed E-state index contributed by atoms with van der Waals surface area (Å²) in [6.07, 6.45) is 13.8. The van der Waals surface area contributed by atoms with Crippen LogP contribution in [0.3, 0.4) is 0 Å². The Balaban J connectivity index is 1.11. The zero-order valence-corrected chi connectivity index (χ0v) is 31.7. The van der Waals surface area contributed by atoms with E-state index in [9.17, 15) is 5.26 Å². The smallest absolute Gasteiger partial charge is 0.164 e. The third-order valence-corrected chi connectivity index (χ3v) is 10.1. The number of nitriles is 1. The van der Waals surface area contributed by atoms with Gasteiger partial charge in [0.15, 0.2) is 34.9 Å². The average Bonchev–Trinajstić information content (AvgIpc) is 3.34. The van der Waals surface area contributed by atoms with E-state index in [1.807, 2.05) is 109 Å². The highest BCUT2D eigenvalue weighted by Crippen LogP contribution is 2.41. The summed E-state index contributed by atoms with van der Waals surface area (Å²) in [5, 5.41) is 12.2. The van der Waals surface area contributed by atoms with Crippen molar-refractivity contribution in [3.63, 3.8) is 0 Å². The van der Waals surface area contributed by atoms with E-state index in [1.54, 1.807) is 49.6 Å². The number of nitrogens with zero attached hydrogens (tertiary/aromatic N) is 11. The minimum absolute atomic E-state index is 0.518. The molecule has 0 aliphatic rings. The quantitative estimate of drug-likeness (QED) is 0.145. The van der Waals surface area contributed by atoms with E-state index >= 15 is 0 Å². The molecule has 0 atom stereocenters. The summed E-state index contributed by atoms with van der Waals surface area (Å²) in [4.78, 5) is 46.1. The summed E-state index contributed by atoms with van der Waals surface area (Å²) in [7, 11) is 0. The molecule has 0 fully saturated rings. The zero-order chi connectivity index (χ0) is 40.3. The molecule has 6 aromatic heterocycles. The lowest BCUT2D eigenvalue weighted by molar-refractivity contribution is 1.07. The third-order valence-electron chi connectivity index (χ3n) is 10.1. The van der Waals surface area contributed by atoms with Gasteiger partial charge in [-0.25, -0.2) is 29.9 Å². The normalized spacial score (nSPS) is 11.0. The average molecular weight is 772 g/mol. The molecular weight excluding hydrogens is 743 g/mol. The van der Waals surface area contributed by atoms with Crippen LogP contribution in [0.15, 0.2) is 177 Å². The van der Waals surface area contributed by atoms with Gasteiger partial charge in [0.25, 0.3) is 0 Å². The Bertz CT molecular complexity index is 3080. The lowest BCUT2D eigenvalue weighted by Crippen LogP contribution is -2.00. The molecule has 0 bridgehead atoms. The molecule has 11 nitrogen and oxygen atoms in total. The molecule has 4 aromatic carbocycles. The Morgan fingerprint density at radius 1 is 0.317 bits per heavy atom. The Morgan fingerprint density at radius 2 is 0.683 bits per heavy atom. The van der Waals surface area contributed by atoms with Crippen LogP contribution in [-0.4, -0.2) is 49.8 Å². The van der Waals surface area contributed by atoms with Gasteiger partial charge in [-0.2, -0.15) is 5.26 Å². The van der Waals surface area contributed by atoms with Crippen molar-refractivity contribution in [2.24, 2.45) is 0 Å². The van der Waals surface area contributed by atoms with Gasteiger partial charge in [-0.15, -0.1) is 0 Å². The van der Waals surface area contributed by atoms with Crippen LogP contribution in [0.4, 0.5) is 0 Å². The molecule has 0 amide bonds. The highest BCUT2D eigenvalue weighted by Gasteiger charge is 2.19. The third kappa shape index (κ3) is 6.97. The number of aromatic nitrogens is 10. The van der Waals surface area contributed by atoms with E-state index in [1.165, 1.54) is 0 Å². The van der Waals surface area contributed by atoms with Crippen LogP contribution in [0.2, 0.25) is 0 Å². The highest BCUT2D eigenvalue weighted by atomic mass is 15.0. The van der Waals surface area contributed by atoms with E-state index in [2.05, 4.69) is 44.2 Å². The van der Waals surface area contributed by atoms with Crippen LogP contribution in [0, 0.1) is 11.3 Å². The molecule has 0 unspecified atom stereocenters. The number of fused-ring (bicyclic) bond motifs is 1. The molecule has 0 aliphatic heterocycles. The largest absolute Gasteiger partial charge is 0.265 e. The maximum atomic E-state index is 10.4. The van der Waals surface area contributed by atoms with Crippen LogP contribution in [0.25, 0.3) is 101 Å². The maximum absolute atomic E-state index is 10.4. The lowest BCUT2D eigenvalue weighted by atomic mass is 9.87. The van der Waals surface area contributed by atoms with Gasteiger partial charge < -0.3 is 0 Å². The number of hydrogen-bond acceptors (Lipinski definition) is 11. The Hall–Kier alpha value is -8.75. The standard InChI is InChI=1S/C49H29N11/c50-30-39-29-42(31-8-10-32(11-9-31)44-55-45(33-12-20-51-21-13-33)57-46(56-44)34-14-22-52-23-15-34)43(41-7-2-1-6-40(39)41)37-4-3-5-38(28-37)49-59-47(35-16-24-53-25-17-35)58-48(60-49)36-18-26-54-27-19-36/h1-29H. The summed E-state index contributed by atoms with van der Waals surface area (Å²) in [6, 6.07) is 43.8. The molecule has 0 saturated carbocycles. The first-order valence-corrected chi connectivity index (χ1v) is 19.0. The van der Waals surface area contributed by atoms with Crippen molar-refractivity contribution >= 4 is 10.8 Å². The monoisotopic (exact) mass is 771 g/mol. The van der Waals surface area contributed by atoms with Gasteiger partial charge in [0, 0.05) is 88.3 Å². The van der Waals surface area contributed by atoms with Crippen molar-refractivity contribution in [2.45, 2.75) is 0 Å². The Labute approximate surface area is 344 Å². The molecule has 6 heterocycles. The molecule has 60 heavy (non-hydrogen) atoms. The molecule has 0 radical (unpaired) electrons. The molecule has 10 aromatic rings. The minimum atomic E-state index is 0.518. The van der Waals surface area contributed by atoms with Gasteiger partial charge in [-0.05, 0) is 88.3 Å². The van der Waals surface area contributed by atoms with E-state index < -0.39 is 0 Å². The number of benzene rings is 4. The number of pyridine rings is 4. The molecule has 280 valence electrons. The first-order chi connectivity index (χ1) is 29.7. The van der Waals surface area contributed by atoms with Crippen LogP contribution in [-0.2, 0) is 0 Å². The van der Waals surface area contributed by atoms with Crippen LogP contribution in [0.5, 0.6) is 0 Å². The van der Waals surface area contributed by atoms with Crippen molar-refractivity contribution in [2.75, 3.05) is 0 Å². The zero-order valence-electron chi connectivity index (χ0n) is 31.7. The minimum Gasteiger partial charge on any atom is -0.265 e. The first-order valence-electron chi connectivity index (χ1n) is 19.0. The van der Waals surface area contributed by atoms with Gasteiger partial charge in [0.1, 0.15) is 0 Å². The van der Waals surface area contributed by atoms with Crippen molar-refractivity contribution in [1.29, 1.82) is 5.26 Å². The fourth-order valence-corrected chi connectivity index (χ4v) is 7.15. The van der Waals surface area contributed by atoms with Crippen molar-refractivity contribution < 1.29 is 0 Å². The van der Waals surface area contributed by atoms with E-state index in [0.29, 0.717) is 40.5 Å². The van der Waals surface area contributed by atoms with Crippen LogP contribution in [0.1, 0.15) is 5.56 Å². The molecule has 0 aliphatic carbocycles. The van der Waals surface area contributed by atoms with E-state index in [-0.39, 0.29) is 0 Å². The molecular formula is C49H29N11. The molecule has 10 rings (SSSR count). The van der Waals surface area contributed by atoms with Crippen LogP contribution < -0.4 is 0 Å². The number of hydrogen-bond donors (Lipinski definition) is 0. The molecule has 11 heteroatoms. The second-order valence-electron chi connectivity index (χ2n) is 13.7. The van der Waals surface area contributed by atoms with Crippen LogP contribution >= 0.6 is 0 Å². The van der Waals surface area contributed by atoms with E-state index in [4.69, 9.17) is 29.9 Å². The summed E-state index contributed by atoms with van der Waals surface area (Å²) < 4.78 is 0. The summed E-state index contributed by atoms with van der Waals surface area (Å²) in [6.45, 7) is 0. The van der Waals surface area contributed by atoms with Gasteiger partial charge >= 0.3 is 0 Å². The SMILES string of the molecule is N#Cc1cc(-c2ccc(-c3nc(-c4ccncc4)nc(-c4ccncc4)n3)cc2)c(-c2cccc(-c3nc(-c4ccncc4)nc(-c4ccncc4)n3)c2)c2ccccc12. The molecule has 0 spiro atoms. The van der Waals surface area contributed by atoms with Crippen molar-refractivity contribution in [3.05, 3.63) is 183 Å². The highest BCUT2D eigenvalue weighted by molar-refractivity contribution is 6.07. The van der Waals surface area contributed by atoms with Gasteiger partial charge in [-0.3, -0.25) is 19.9 Å². The molecule has 0 saturated heterocycles. The summed E-state index contributed by atoms with van der Waals surface area (Å²) >= 11 is 0. The topological polar surface area (TPSA) is 153 Å². The predicted molar refractivity (Wildman–Crippen MR) is 230 cm³/mol. The second-order valence-corrected chi connectivity index (χ2v) is 13.7. The number of rotatable bonds is 8. The maximum Gasteiger partial charge on any atom is 0.164 e. The molecule has 0 N–H and O–H groups in total. The lowest BCUT2D eigenvalue weighted by Gasteiger charge is -2.17. The Kier molecular flexibility index (Phi) is 9.30.